The van der Waals surface area contributed by atoms with E-state index in [0.29, 0.717) is 12.1 Å². The third-order valence-corrected chi connectivity index (χ3v) is 3.70. The van der Waals surface area contributed by atoms with E-state index < -0.39 is 0 Å². The fourth-order valence-corrected chi connectivity index (χ4v) is 2.64. The number of nitrogens with one attached hydrogen (secondary N) is 1. The molecule has 0 aliphatic heterocycles. The van der Waals surface area contributed by atoms with Crippen LogP contribution in [0.25, 0.3) is 0 Å². The monoisotopic (exact) mass is 227 g/mol. The molecule has 1 rings (SSSR count). The predicted molar refractivity (Wildman–Crippen MR) is 66.1 cm³/mol. The van der Waals surface area contributed by atoms with Gasteiger partial charge in [0.05, 0.1) is 6.04 Å². The Morgan fingerprint density at radius 2 is 2.00 bits per heavy atom. The summed E-state index contributed by atoms with van der Waals surface area (Å²) in [7, 11) is 1.70. The molecule has 0 heterocycles. The topological polar surface area (TPSA) is 58.4 Å². The second kappa shape index (κ2) is 6.21. The highest BCUT2D eigenvalue weighted by Crippen LogP contribution is 2.23. The molecule has 0 spiro atoms. The summed E-state index contributed by atoms with van der Waals surface area (Å²) in [4.78, 5) is 13.9. The van der Waals surface area contributed by atoms with E-state index in [-0.39, 0.29) is 11.9 Å². The maximum atomic E-state index is 11.6. The van der Waals surface area contributed by atoms with Crippen molar-refractivity contribution in [3.63, 3.8) is 0 Å². The van der Waals surface area contributed by atoms with Crippen molar-refractivity contribution >= 4 is 5.91 Å². The van der Waals surface area contributed by atoms with Gasteiger partial charge in [0.15, 0.2) is 0 Å². The Hall–Kier alpha value is -0.610. The van der Waals surface area contributed by atoms with Crippen LogP contribution in [0.4, 0.5) is 0 Å². The molecule has 0 saturated heterocycles. The largest absolute Gasteiger partial charge is 0.358 e. The van der Waals surface area contributed by atoms with Crippen molar-refractivity contribution in [2.45, 2.75) is 57.7 Å². The number of likely N-dealkylation sites (N-methyl/N-ethyl adjacent to an activating group) is 2. The van der Waals surface area contributed by atoms with E-state index in [1.54, 1.807) is 7.05 Å². The quantitative estimate of drug-likeness (QED) is 0.744. The van der Waals surface area contributed by atoms with E-state index >= 15 is 0 Å². The molecule has 4 nitrogen and oxygen atoms in total. The average Bonchev–Trinajstić information content (AvgIpc) is 2.31. The van der Waals surface area contributed by atoms with Gasteiger partial charge >= 0.3 is 0 Å². The van der Waals surface area contributed by atoms with Crippen LogP contribution in [0.3, 0.4) is 0 Å². The molecule has 1 aliphatic rings. The van der Waals surface area contributed by atoms with Crippen molar-refractivity contribution in [2.75, 3.05) is 13.6 Å². The molecule has 0 aromatic rings. The Morgan fingerprint density at radius 1 is 1.44 bits per heavy atom. The summed E-state index contributed by atoms with van der Waals surface area (Å²) in [5.74, 6) is 0.108. The minimum atomic E-state index is -0.0330. The fraction of sp³-hybridized carbons (Fsp3) is 0.917. The SMILES string of the molecule is CCN(C1CCC(N)CC1)C(C)C(=O)NC. The number of carbonyl (C=O) groups is 1. The first-order valence-electron chi connectivity index (χ1n) is 6.33. The molecule has 0 aromatic heterocycles. The molecular formula is C12H25N3O. The van der Waals surface area contributed by atoms with Gasteiger partial charge in [-0.15, -0.1) is 0 Å². The first-order chi connectivity index (χ1) is 7.60. The normalized spacial score (nSPS) is 27.8. The summed E-state index contributed by atoms with van der Waals surface area (Å²) in [5.41, 5.74) is 5.90. The highest BCUT2D eigenvalue weighted by Gasteiger charge is 2.29. The molecule has 3 N–H and O–H groups in total. The number of nitrogens with two attached hydrogens (primary N) is 1. The standard InChI is InChI=1S/C12H25N3O/c1-4-15(9(2)12(16)14-3)11-7-5-10(13)6-8-11/h9-11H,4-8,13H2,1-3H3,(H,14,16). The van der Waals surface area contributed by atoms with E-state index in [9.17, 15) is 4.79 Å². The zero-order chi connectivity index (χ0) is 12.1. The molecule has 1 atom stereocenters. The fourth-order valence-electron chi connectivity index (χ4n) is 2.64. The lowest BCUT2D eigenvalue weighted by Gasteiger charge is -2.38. The summed E-state index contributed by atoms with van der Waals surface area (Å²) < 4.78 is 0. The zero-order valence-electron chi connectivity index (χ0n) is 10.7. The Morgan fingerprint density at radius 3 is 2.44 bits per heavy atom. The molecule has 1 amide bonds. The lowest BCUT2D eigenvalue weighted by atomic mass is 9.90. The van der Waals surface area contributed by atoms with Crippen LogP contribution in [0.15, 0.2) is 0 Å². The zero-order valence-corrected chi connectivity index (χ0v) is 10.7. The smallest absolute Gasteiger partial charge is 0.236 e. The molecule has 1 saturated carbocycles. The van der Waals surface area contributed by atoms with Gasteiger partial charge in [-0.3, -0.25) is 9.69 Å². The molecule has 1 aliphatic carbocycles. The van der Waals surface area contributed by atoms with Crippen LogP contribution in [0.5, 0.6) is 0 Å². The van der Waals surface area contributed by atoms with Crippen LogP contribution in [-0.2, 0) is 4.79 Å². The van der Waals surface area contributed by atoms with Crippen molar-refractivity contribution < 1.29 is 4.79 Å². The Balaban J connectivity index is 2.56. The van der Waals surface area contributed by atoms with Gasteiger partial charge < -0.3 is 11.1 Å². The average molecular weight is 227 g/mol. The lowest BCUT2D eigenvalue weighted by molar-refractivity contribution is -0.126. The van der Waals surface area contributed by atoms with Gasteiger partial charge in [-0.25, -0.2) is 0 Å². The minimum Gasteiger partial charge on any atom is -0.358 e. The second-order valence-electron chi connectivity index (χ2n) is 4.69. The molecule has 1 unspecified atom stereocenters. The van der Waals surface area contributed by atoms with Gasteiger partial charge in [0.1, 0.15) is 0 Å². The maximum Gasteiger partial charge on any atom is 0.236 e. The molecule has 0 aromatic carbocycles. The van der Waals surface area contributed by atoms with Crippen molar-refractivity contribution in [2.24, 2.45) is 5.73 Å². The molecule has 1 fully saturated rings. The number of carbonyl (C=O) groups excluding carboxylic acids is 1. The summed E-state index contributed by atoms with van der Waals surface area (Å²) in [5, 5.41) is 2.72. The van der Waals surface area contributed by atoms with E-state index in [4.69, 9.17) is 5.73 Å². The van der Waals surface area contributed by atoms with Crippen LogP contribution in [0, 0.1) is 0 Å². The van der Waals surface area contributed by atoms with Crippen LogP contribution in [-0.4, -0.2) is 42.5 Å². The Kier molecular flexibility index (Phi) is 5.22. The number of rotatable bonds is 4. The van der Waals surface area contributed by atoms with Crippen molar-refractivity contribution in [3.05, 3.63) is 0 Å². The van der Waals surface area contributed by atoms with Gasteiger partial charge in [0, 0.05) is 19.1 Å². The summed E-state index contributed by atoms with van der Waals surface area (Å²) >= 11 is 0. The second-order valence-corrected chi connectivity index (χ2v) is 4.69. The van der Waals surface area contributed by atoms with Crippen molar-refractivity contribution in [1.29, 1.82) is 0 Å². The molecule has 0 bridgehead atoms. The third kappa shape index (κ3) is 3.19. The van der Waals surface area contributed by atoms with Gasteiger partial charge in [-0.1, -0.05) is 6.92 Å². The van der Waals surface area contributed by atoms with Crippen LogP contribution in [0.1, 0.15) is 39.5 Å². The summed E-state index contributed by atoms with van der Waals surface area (Å²) in [6, 6.07) is 0.858. The van der Waals surface area contributed by atoms with Gasteiger partial charge in [-0.2, -0.15) is 0 Å². The number of hydrogen-bond donors (Lipinski definition) is 2. The van der Waals surface area contributed by atoms with Crippen molar-refractivity contribution in [3.8, 4) is 0 Å². The highest BCUT2D eigenvalue weighted by atomic mass is 16.2. The number of hydrogen-bond acceptors (Lipinski definition) is 3. The van der Waals surface area contributed by atoms with E-state index in [1.807, 2.05) is 6.92 Å². The lowest BCUT2D eigenvalue weighted by Crippen LogP contribution is -2.50. The number of amides is 1. The maximum absolute atomic E-state index is 11.6. The summed E-state index contributed by atoms with van der Waals surface area (Å²) in [6.45, 7) is 5.03. The molecule has 4 heteroatoms. The Labute approximate surface area is 98.6 Å². The van der Waals surface area contributed by atoms with Crippen LogP contribution < -0.4 is 11.1 Å². The molecule has 0 radical (unpaired) electrons. The van der Waals surface area contributed by atoms with Gasteiger partial charge in [-0.05, 0) is 39.2 Å². The minimum absolute atomic E-state index is 0.0330. The first kappa shape index (κ1) is 13.5. The van der Waals surface area contributed by atoms with E-state index in [2.05, 4.69) is 17.1 Å². The first-order valence-corrected chi connectivity index (χ1v) is 6.33. The molecule has 16 heavy (non-hydrogen) atoms. The van der Waals surface area contributed by atoms with Gasteiger partial charge in [0.2, 0.25) is 5.91 Å². The summed E-state index contributed by atoms with van der Waals surface area (Å²) in [6.07, 6.45) is 4.41. The molecule has 94 valence electrons. The Bertz CT molecular complexity index is 224. The van der Waals surface area contributed by atoms with E-state index in [0.717, 1.165) is 32.2 Å². The third-order valence-electron chi connectivity index (χ3n) is 3.70. The van der Waals surface area contributed by atoms with Crippen LogP contribution >= 0.6 is 0 Å². The highest BCUT2D eigenvalue weighted by molar-refractivity contribution is 5.81. The van der Waals surface area contributed by atoms with Crippen LogP contribution in [0.2, 0.25) is 0 Å². The van der Waals surface area contributed by atoms with E-state index in [1.165, 1.54) is 0 Å². The molecular weight excluding hydrogens is 202 g/mol. The predicted octanol–water partition coefficient (Wildman–Crippen LogP) is 0.713. The van der Waals surface area contributed by atoms with Crippen molar-refractivity contribution in [1.82, 2.24) is 10.2 Å². The number of nitrogens with zero attached hydrogens (tertiary/aromatic N) is 1. The van der Waals surface area contributed by atoms with Gasteiger partial charge in [0.25, 0.3) is 0 Å².